The Morgan fingerprint density at radius 1 is 1.17 bits per heavy atom. The lowest BCUT2D eigenvalue weighted by Gasteiger charge is -2.19. The molecule has 2 atom stereocenters. The molecule has 0 spiro atoms. The van der Waals surface area contributed by atoms with Crippen molar-refractivity contribution in [3.63, 3.8) is 0 Å². The molecule has 0 aromatic heterocycles. The highest BCUT2D eigenvalue weighted by Crippen LogP contribution is 2.30. The first-order valence-electron chi connectivity index (χ1n) is 5.49. The summed E-state index contributed by atoms with van der Waals surface area (Å²) in [4.78, 5) is 0. The lowest BCUT2D eigenvalue weighted by molar-refractivity contribution is 0.327. The highest BCUT2D eigenvalue weighted by Gasteiger charge is 2.27. The van der Waals surface area contributed by atoms with E-state index < -0.39 is 0 Å². The van der Waals surface area contributed by atoms with Crippen molar-refractivity contribution in [1.82, 2.24) is 0 Å². The molecule has 0 rings (SSSR count). The molecule has 0 nitrogen and oxygen atoms in total. The monoisotopic (exact) mass is 169 g/mol. The molecule has 72 valence electrons. The Kier molecular flexibility index (Phi) is 6.32. The van der Waals surface area contributed by atoms with Crippen LogP contribution in [0.25, 0.3) is 0 Å². The lowest BCUT2D eigenvalue weighted by atomic mass is 9.79. The normalized spacial score (nSPS) is 15.8. The third-order valence-electron chi connectivity index (χ3n) is 3.23. The van der Waals surface area contributed by atoms with Crippen LogP contribution in [0.3, 0.4) is 0 Å². The summed E-state index contributed by atoms with van der Waals surface area (Å²) in [5.74, 6) is 3.44. The van der Waals surface area contributed by atoms with Gasteiger partial charge in [0.05, 0.1) is 25.2 Å². The Morgan fingerprint density at radius 2 is 1.75 bits per heavy atom. The zero-order valence-corrected chi connectivity index (χ0v) is 9.48. The maximum absolute atomic E-state index is 2.39. The number of hydrogen-bond acceptors (Lipinski definition) is 0. The zero-order valence-electron chi connectivity index (χ0n) is 9.48. The van der Waals surface area contributed by atoms with Crippen molar-refractivity contribution in [1.29, 1.82) is 0 Å². The quantitative estimate of drug-likeness (QED) is 0.515. The van der Waals surface area contributed by atoms with Crippen LogP contribution < -0.4 is 0 Å². The van der Waals surface area contributed by atoms with Crippen molar-refractivity contribution in [2.45, 2.75) is 60.3 Å². The second-order valence-corrected chi connectivity index (χ2v) is 3.95. The average Bonchev–Trinajstić information content (AvgIpc) is 2.11. The van der Waals surface area contributed by atoms with E-state index in [1.54, 1.807) is 5.92 Å². The average molecular weight is 169 g/mol. The first-order chi connectivity index (χ1) is 5.67. The molecule has 0 saturated heterocycles. The Balaban J connectivity index is 3.91. The van der Waals surface area contributed by atoms with Crippen molar-refractivity contribution in [3.05, 3.63) is 5.92 Å². The SMILES string of the molecule is CCCC(CC)C(C)[C+](C)CC. The van der Waals surface area contributed by atoms with Gasteiger partial charge in [-0.2, -0.15) is 0 Å². The van der Waals surface area contributed by atoms with Crippen LogP contribution in [0.4, 0.5) is 0 Å². The van der Waals surface area contributed by atoms with Gasteiger partial charge in [-0.15, -0.1) is 0 Å². The third kappa shape index (κ3) is 3.51. The Morgan fingerprint density at radius 3 is 2.08 bits per heavy atom. The summed E-state index contributed by atoms with van der Waals surface area (Å²) in [6.45, 7) is 11.6. The van der Waals surface area contributed by atoms with Gasteiger partial charge in [-0.3, -0.25) is 0 Å². The summed E-state index contributed by atoms with van der Waals surface area (Å²) in [7, 11) is 0. The van der Waals surface area contributed by atoms with Gasteiger partial charge < -0.3 is 0 Å². The number of hydrogen-bond donors (Lipinski definition) is 0. The molecule has 2 unspecified atom stereocenters. The van der Waals surface area contributed by atoms with E-state index in [2.05, 4.69) is 34.6 Å². The second-order valence-electron chi connectivity index (χ2n) is 3.95. The Bertz CT molecular complexity index is 96.2. The first kappa shape index (κ1) is 11.9. The van der Waals surface area contributed by atoms with Gasteiger partial charge in [-0.25, -0.2) is 0 Å². The van der Waals surface area contributed by atoms with Crippen LogP contribution in [0.5, 0.6) is 0 Å². The van der Waals surface area contributed by atoms with Crippen LogP contribution in [0.1, 0.15) is 60.3 Å². The molecule has 0 radical (unpaired) electrons. The van der Waals surface area contributed by atoms with E-state index in [-0.39, 0.29) is 0 Å². The molecule has 0 N–H and O–H groups in total. The minimum atomic E-state index is 0.833. The van der Waals surface area contributed by atoms with E-state index in [9.17, 15) is 0 Å². The molecular weight excluding hydrogens is 144 g/mol. The van der Waals surface area contributed by atoms with Crippen LogP contribution >= 0.6 is 0 Å². The van der Waals surface area contributed by atoms with E-state index in [1.165, 1.54) is 25.7 Å². The van der Waals surface area contributed by atoms with Crippen LogP contribution in [0, 0.1) is 17.8 Å². The van der Waals surface area contributed by atoms with E-state index in [1.807, 2.05) is 0 Å². The van der Waals surface area contributed by atoms with Gasteiger partial charge in [-0.05, 0) is 26.7 Å². The van der Waals surface area contributed by atoms with Gasteiger partial charge in [0.2, 0.25) is 0 Å². The van der Waals surface area contributed by atoms with Crippen molar-refractivity contribution >= 4 is 0 Å². The summed E-state index contributed by atoms with van der Waals surface area (Å²) in [6, 6.07) is 0. The predicted molar refractivity (Wildman–Crippen MR) is 57.1 cm³/mol. The van der Waals surface area contributed by atoms with Crippen LogP contribution in [0.15, 0.2) is 0 Å². The van der Waals surface area contributed by atoms with Gasteiger partial charge in [0.25, 0.3) is 0 Å². The molecular formula is C12H25+. The van der Waals surface area contributed by atoms with Crippen molar-refractivity contribution < 1.29 is 0 Å². The summed E-state index contributed by atoms with van der Waals surface area (Å²) < 4.78 is 0. The fourth-order valence-electron chi connectivity index (χ4n) is 1.90. The molecule has 0 aliphatic carbocycles. The number of rotatable bonds is 6. The Labute approximate surface area is 78.8 Å². The maximum Gasteiger partial charge on any atom is 0.0999 e. The molecule has 0 heterocycles. The Hall–Kier alpha value is -0.130. The van der Waals surface area contributed by atoms with Gasteiger partial charge in [0.1, 0.15) is 0 Å². The summed E-state index contributed by atoms with van der Waals surface area (Å²) in [6.07, 6.45) is 5.32. The first-order valence-corrected chi connectivity index (χ1v) is 5.49. The fourth-order valence-corrected chi connectivity index (χ4v) is 1.90. The van der Waals surface area contributed by atoms with Crippen molar-refractivity contribution in [3.8, 4) is 0 Å². The van der Waals surface area contributed by atoms with Crippen molar-refractivity contribution in [2.75, 3.05) is 0 Å². The summed E-state index contributed by atoms with van der Waals surface area (Å²) in [5, 5.41) is 0. The maximum atomic E-state index is 2.39. The minimum absolute atomic E-state index is 0.833. The molecule has 0 heteroatoms. The van der Waals surface area contributed by atoms with Crippen LogP contribution in [-0.2, 0) is 0 Å². The molecule has 0 aliphatic heterocycles. The van der Waals surface area contributed by atoms with Gasteiger partial charge >= 0.3 is 0 Å². The molecule has 0 amide bonds. The molecule has 0 saturated carbocycles. The van der Waals surface area contributed by atoms with E-state index in [0.717, 1.165) is 11.8 Å². The van der Waals surface area contributed by atoms with E-state index >= 15 is 0 Å². The van der Waals surface area contributed by atoms with Gasteiger partial charge in [0.15, 0.2) is 0 Å². The highest BCUT2D eigenvalue weighted by molar-refractivity contribution is 4.91. The molecule has 0 aromatic carbocycles. The molecule has 12 heavy (non-hydrogen) atoms. The zero-order chi connectivity index (χ0) is 9.56. The van der Waals surface area contributed by atoms with E-state index in [4.69, 9.17) is 0 Å². The summed E-state index contributed by atoms with van der Waals surface area (Å²) >= 11 is 0. The van der Waals surface area contributed by atoms with Gasteiger partial charge in [0, 0.05) is 5.92 Å². The van der Waals surface area contributed by atoms with E-state index in [0.29, 0.717) is 0 Å². The highest BCUT2D eigenvalue weighted by atomic mass is 14.2. The second kappa shape index (κ2) is 6.39. The van der Waals surface area contributed by atoms with Crippen LogP contribution in [0.2, 0.25) is 0 Å². The lowest BCUT2D eigenvalue weighted by Crippen LogP contribution is -2.16. The molecule has 0 aromatic rings. The van der Waals surface area contributed by atoms with Crippen molar-refractivity contribution in [2.24, 2.45) is 11.8 Å². The summed E-state index contributed by atoms with van der Waals surface area (Å²) in [5.41, 5.74) is 0. The standard InChI is InChI=1S/C12H25/c1-6-9-12(8-3)11(5)10(4)7-2/h11-12H,6-9H2,1-5H3/q+1. The van der Waals surface area contributed by atoms with Gasteiger partial charge in [-0.1, -0.05) is 20.3 Å². The van der Waals surface area contributed by atoms with Crippen LogP contribution in [-0.4, -0.2) is 0 Å². The third-order valence-corrected chi connectivity index (χ3v) is 3.23. The molecule has 0 aliphatic rings. The largest absolute Gasteiger partial charge is 0.0999 e. The minimum Gasteiger partial charge on any atom is -0.0654 e. The molecule has 0 fully saturated rings. The smallest absolute Gasteiger partial charge is 0.0654 e. The topological polar surface area (TPSA) is 0 Å². The fraction of sp³-hybridized carbons (Fsp3) is 0.917. The molecule has 0 bridgehead atoms. The predicted octanol–water partition coefficient (Wildman–Crippen LogP) is 4.45.